The molecular formula is C15H21NO. The van der Waals surface area contributed by atoms with E-state index in [1.807, 2.05) is 23.1 Å². The van der Waals surface area contributed by atoms with Crippen LogP contribution >= 0.6 is 0 Å². The van der Waals surface area contributed by atoms with Crippen molar-refractivity contribution in [2.24, 2.45) is 5.41 Å². The van der Waals surface area contributed by atoms with Crippen LogP contribution in [-0.4, -0.2) is 17.4 Å². The topological polar surface area (TPSA) is 20.3 Å². The summed E-state index contributed by atoms with van der Waals surface area (Å²) in [6.45, 7) is 5.88. The third-order valence-electron chi connectivity index (χ3n) is 3.96. The maximum Gasteiger partial charge on any atom is 0.228 e. The van der Waals surface area contributed by atoms with E-state index >= 15 is 0 Å². The minimum Gasteiger partial charge on any atom is -0.338 e. The minimum atomic E-state index is -0.132. The standard InChI is InChI=1S/C15H21NO/c1-3-15(2)10-7-11-16(14(15)17)12-13-8-5-4-6-9-13/h4-6,8-9H,3,7,10-12H2,1-2H3/t15-/m1/s1. The molecule has 0 aliphatic carbocycles. The van der Waals surface area contributed by atoms with Crippen LogP contribution in [-0.2, 0) is 11.3 Å². The van der Waals surface area contributed by atoms with Crippen LogP contribution in [0.15, 0.2) is 30.3 Å². The zero-order valence-corrected chi connectivity index (χ0v) is 10.8. The second-order valence-corrected chi connectivity index (χ2v) is 5.23. The first-order valence-corrected chi connectivity index (χ1v) is 6.49. The van der Waals surface area contributed by atoms with Crippen molar-refractivity contribution in [3.63, 3.8) is 0 Å². The van der Waals surface area contributed by atoms with E-state index < -0.39 is 0 Å². The number of carbonyl (C=O) groups excluding carboxylic acids is 1. The molecule has 1 amide bonds. The third kappa shape index (κ3) is 2.51. The Morgan fingerprint density at radius 1 is 1.29 bits per heavy atom. The van der Waals surface area contributed by atoms with Crippen molar-refractivity contribution in [1.82, 2.24) is 4.90 Å². The smallest absolute Gasteiger partial charge is 0.228 e. The average Bonchev–Trinajstić information content (AvgIpc) is 2.36. The fourth-order valence-corrected chi connectivity index (χ4v) is 2.53. The van der Waals surface area contributed by atoms with Crippen molar-refractivity contribution in [3.8, 4) is 0 Å². The highest BCUT2D eigenvalue weighted by atomic mass is 16.2. The van der Waals surface area contributed by atoms with Crippen LogP contribution in [0.3, 0.4) is 0 Å². The molecule has 0 N–H and O–H groups in total. The summed E-state index contributed by atoms with van der Waals surface area (Å²) in [6.07, 6.45) is 3.10. The second kappa shape index (κ2) is 4.91. The van der Waals surface area contributed by atoms with Crippen LogP contribution in [0.1, 0.15) is 38.7 Å². The van der Waals surface area contributed by atoms with Crippen LogP contribution < -0.4 is 0 Å². The summed E-state index contributed by atoms with van der Waals surface area (Å²) in [5.74, 6) is 0.329. The Kier molecular flexibility index (Phi) is 3.51. The molecule has 0 aromatic heterocycles. The zero-order valence-electron chi connectivity index (χ0n) is 10.8. The highest BCUT2D eigenvalue weighted by Crippen LogP contribution is 2.34. The Morgan fingerprint density at radius 3 is 2.65 bits per heavy atom. The molecule has 1 heterocycles. The lowest BCUT2D eigenvalue weighted by Crippen LogP contribution is -2.46. The van der Waals surface area contributed by atoms with Gasteiger partial charge in [-0.3, -0.25) is 4.79 Å². The van der Waals surface area contributed by atoms with Crippen molar-refractivity contribution < 1.29 is 4.79 Å². The van der Waals surface area contributed by atoms with E-state index in [0.717, 1.165) is 32.4 Å². The molecule has 0 unspecified atom stereocenters. The SMILES string of the molecule is CC[C@]1(C)CCCN(Cc2ccccc2)C1=O. The van der Waals surface area contributed by atoms with Gasteiger partial charge < -0.3 is 4.90 Å². The highest BCUT2D eigenvalue weighted by molar-refractivity contribution is 5.83. The van der Waals surface area contributed by atoms with E-state index in [0.29, 0.717) is 5.91 Å². The maximum absolute atomic E-state index is 12.4. The number of carbonyl (C=O) groups is 1. The van der Waals surface area contributed by atoms with Crippen molar-refractivity contribution in [1.29, 1.82) is 0 Å². The van der Waals surface area contributed by atoms with Gasteiger partial charge in [-0.1, -0.05) is 44.2 Å². The maximum atomic E-state index is 12.4. The quantitative estimate of drug-likeness (QED) is 0.782. The van der Waals surface area contributed by atoms with Gasteiger partial charge in [-0.15, -0.1) is 0 Å². The van der Waals surface area contributed by atoms with Gasteiger partial charge in [-0.2, -0.15) is 0 Å². The van der Waals surface area contributed by atoms with Crippen molar-refractivity contribution in [2.45, 2.75) is 39.7 Å². The van der Waals surface area contributed by atoms with Crippen LogP contribution in [0.5, 0.6) is 0 Å². The van der Waals surface area contributed by atoms with Crippen LogP contribution in [0.4, 0.5) is 0 Å². The lowest BCUT2D eigenvalue weighted by Gasteiger charge is -2.39. The number of benzene rings is 1. The van der Waals surface area contributed by atoms with Gasteiger partial charge in [0.05, 0.1) is 0 Å². The summed E-state index contributed by atoms with van der Waals surface area (Å²) < 4.78 is 0. The molecule has 0 bridgehead atoms. The molecule has 1 fully saturated rings. The highest BCUT2D eigenvalue weighted by Gasteiger charge is 2.37. The number of piperidine rings is 1. The van der Waals surface area contributed by atoms with Crippen LogP contribution in [0.2, 0.25) is 0 Å². The summed E-state index contributed by atoms with van der Waals surface area (Å²) >= 11 is 0. The van der Waals surface area contributed by atoms with Gasteiger partial charge in [-0.25, -0.2) is 0 Å². The van der Waals surface area contributed by atoms with E-state index in [1.165, 1.54) is 5.56 Å². The molecule has 2 rings (SSSR count). The Morgan fingerprint density at radius 2 is 2.00 bits per heavy atom. The normalized spacial score (nSPS) is 25.1. The summed E-state index contributed by atoms with van der Waals surface area (Å²) in [5, 5.41) is 0. The van der Waals surface area contributed by atoms with E-state index in [9.17, 15) is 4.79 Å². The summed E-state index contributed by atoms with van der Waals surface area (Å²) in [7, 11) is 0. The Hall–Kier alpha value is -1.31. The fraction of sp³-hybridized carbons (Fsp3) is 0.533. The second-order valence-electron chi connectivity index (χ2n) is 5.23. The molecule has 1 saturated heterocycles. The summed E-state index contributed by atoms with van der Waals surface area (Å²) in [5.41, 5.74) is 1.09. The molecule has 17 heavy (non-hydrogen) atoms. The van der Waals surface area contributed by atoms with Gasteiger partial charge in [0.15, 0.2) is 0 Å². The Bertz CT molecular complexity index is 387. The molecular weight excluding hydrogens is 210 g/mol. The molecule has 2 heteroatoms. The lowest BCUT2D eigenvalue weighted by molar-refractivity contribution is -0.146. The number of likely N-dealkylation sites (tertiary alicyclic amines) is 1. The molecule has 1 aromatic rings. The van der Waals surface area contributed by atoms with Gasteiger partial charge in [0.2, 0.25) is 5.91 Å². The first-order chi connectivity index (χ1) is 8.15. The van der Waals surface area contributed by atoms with Crippen LogP contribution in [0, 0.1) is 5.41 Å². The number of amides is 1. The van der Waals surface area contributed by atoms with Gasteiger partial charge in [0.1, 0.15) is 0 Å². The van der Waals surface area contributed by atoms with Crippen molar-refractivity contribution in [3.05, 3.63) is 35.9 Å². The number of nitrogens with zero attached hydrogens (tertiary/aromatic N) is 1. The van der Waals surface area contributed by atoms with Crippen molar-refractivity contribution in [2.75, 3.05) is 6.54 Å². The minimum absolute atomic E-state index is 0.132. The molecule has 1 aliphatic rings. The van der Waals surface area contributed by atoms with Gasteiger partial charge >= 0.3 is 0 Å². The van der Waals surface area contributed by atoms with Crippen LogP contribution in [0.25, 0.3) is 0 Å². The number of hydrogen-bond donors (Lipinski definition) is 0. The van der Waals surface area contributed by atoms with E-state index in [-0.39, 0.29) is 5.41 Å². The van der Waals surface area contributed by atoms with E-state index in [1.54, 1.807) is 0 Å². The molecule has 0 spiro atoms. The average molecular weight is 231 g/mol. The number of hydrogen-bond acceptors (Lipinski definition) is 1. The Labute approximate surface area is 104 Å². The third-order valence-corrected chi connectivity index (χ3v) is 3.96. The zero-order chi connectivity index (χ0) is 12.3. The lowest BCUT2D eigenvalue weighted by atomic mass is 9.78. The van der Waals surface area contributed by atoms with E-state index in [4.69, 9.17) is 0 Å². The first-order valence-electron chi connectivity index (χ1n) is 6.49. The van der Waals surface area contributed by atoms with Gasteiger partial charge in [0.25, 0.3) is 0 Å². The molecule has 1 aromatic carbocycles. The predicted molar refractivity (Wildman–Crippen MR) is 69.5 cm³/mol. The molecule has 92 valence electrons. The Balaban J connectivity index is 2.09. The van der Waals surface area contributed by atoms with E-state index in [2.05, 4.69) is 26.0 Å². The predicted octanol–water partition coefficient (Wildman–Crippen LogP) is 3.23. The monoisotopic (exact) mass is 231 g/mol. The molecule has 2 nitrogen and oxygen atoms in total. The molecule has 1 atom stereocenters. The van der Waals surface area contributed by atoms with Gasteiger partial charge in [-0.05, 0) is 24.8 Å². The van der Waals surface area contributed by atoms with Crippen molar-refractivity contribution >= 4 is 5.91 Å². The summed E-state index contributed by atoms with van der Waals surface area (Å²) in [6, 6.07) is 10.2. The molecule has 0 radical (unpaired) electrons. The fourth-order valence-electron chi connectivity index (χ4n) is 2.53. The largest absolute Gasteiger partial charge is 0.338 e. The molecule has 0 saturated carbocycles. The number of rotatable bonds is 3. The first kappa shape index (κ1) is 12.2. The molecule has 1 aliphatic heterocycles. The van der Waals surface area contributed by atoms with Gasteiger partial charge in [0, 0.05) is 18.5 Å². The summed E-state index contributed by atoms with van der Waals surface area (Å²) in [4.78, 5) is 14.4.